The van der Waals surface area contributed by atoms with Crippen molar-refractivity contribution in [3.63, 3.8) is 0 Å². The Hall–Kier alpha value is -0.350. The maximum Gasteiger partial charge on any atom is 0.0565 e. The van der Waals surface area contributed by atoms with Gasteiger partial charge >= 0.3 is 0 Å². The predicted molar refractivity (Wildman–Crippen MR) is 88.8 cm³/mol. The summed E-state index contributed by atoms with van der Waals surface area (Å²) in [5.74, 6) is 0. The number of aryl methyl sites for hydroxylation is 2. The Kier molecular flexibility index (Phi) is 4.72. The van der Waals surface area contributed by atoms with Gasteiger partial charge in [0, 0.05) is 14.0 Å². The van der Waals surface area contributed by atoms with Crippen molar-refractivity contribution in [1.82, 2.24) is 0 Å². The topological polar surface area (TPSA) is 26.0 Å². The first-order valence-electron chi connectivity index (χ1n) is 5.87. The highest BCUT2D eigenvalue weighted by Crippen LogP contribution is 2.33. The largest absolute Gasteiger partial charge is 0.320 e. The van der Waals surface area contributed by atoms with Gasteiger partial charge in [-0.15, -0.1) is 0 Å². The third-order valence-corrected chi connectivity index (χ3v) is 4.96. The van der Waals surface area contributed by atoms with Crippen LogP contribution in [0.1, 0.15) is 28.3 Å². The van der Waals surface area contributed by atoms with Crippen LogP contribution in [0.4, 0.5) is 0 Å². The molecule has 2 aromatic carbocycles. The molecule has 2 aromatic rings. The van der Waals surface area contributed by atoms with Crippen LogP contribution in [-0.4, -0.2) is 0 Å². The highest BCUT2D eigenvalue weighted by Gasteiger charge is 2.16. The second kappa shape index (κ2) is 5.96. The Morgan fingerprint density at radius 3 is 2.26 bits per heavy atom. The van der Waals surface area contributed by atoms with Crippen LogP contribution in [-0.2, 0) is 0 Å². The molecule has 1 atom stereocenters. The third-order valence-electron chi connectivity index (χ3n) is 3.18. The summed E-state index contributed by atoms with van der Waals surface area (Å²) in [4.78, 5) is 0. The van der Waals surface area contributed by atoms with Gasteiger partial charge in [-0.2, -0.15) is 0 Å². The van der Waals surface area contributed by atoms with Gasteiger partial charge in [0.1, 0.15) is 0 Å². The summed E-state index contributed by atoms with van der Waals surface area (Å²) in [7, 11) is 0. The van der Waals surface area contributed by atoms with Crippen molar-refractivity contribution < 1.29 is 0 Å². The lowest BCUT2D eigenvalue weighted by Gasteiger charge is -2.18. The lowest BCUT2D eigenvalue weighted by Crippen LogP contribution is -2.14. The van der Waals surface area contributed by atoms with Gasteiger partial charge in [-0.25, -0.2) is 0 Å². The van der Waals surface area contributed by atoms with E-state index in [9.17, 15) is 0 Å². The summed E-state index contributed by atoms with van der Waals surface area (Å²) in [5, 5.41) is 0.734. The number of benzene rings is 2. The molecule has 0 saturated heterocycles. The highest BCUT2D eigenvalue weighted by molar-refractivity contribution is 9.11. The predicted octanol–water partition coefficient (Wildman–Crippen LogP) is 5.53. The van der Waals surface area contributed by atoms with Crippen LogP contribution in [0.3, 0.4) is 0 Å². The van der Waals surface area contributed by atoms with E-state index in [4.69, 9.17) is 17.3 Å². The van der Waals surface area contributed by atoms with Gasteiger partial charge < -0.3 is 5.73 Å². The van der Waals surface area contributed by atoms with Crippen molar-refractivity contribution in [1.29, 1.82) is 0 Å². The van der Waals surface area contributed by atoms with E-state index in [2.05, 4.69) is 50.9 Å². The molecule has 0 bridgehead atoms. The van der Waals surface area contributed by atoms with Crippen molar-refractivity contribution in [2.24, 2.45) is 5.73 Å². The van der Waals surface area contributed by atoms with Crippen LogP contribution in [0.2, 0.25) is 5.02 Å². The molecule has 100 valence electrons. The second-order valence-electron chi connectivity index (χ2n) is 4.60. The molecule has 19 heavy (non-hydrogen) atoms. The highest BCUT2D eigenvalue weighted by atomic mass is 79.9. The van der Waals surface area contributed by atoms with Crippen molar-refractivity contribution in [3.05, 3.63) is 66.6 Å². The Labute approximate surface area is 135 Å². The number of rotatable bonds is 2. The lowest BCUT2D eigenvalue weighted by atomic mass is 9.95. The van der Waals surface area contributed by atoms with Gasteiger partial charge in [0.2, 0.25) is 0 Å². The Morgan fingerprint density at radius 1 is 0.947 bits per heavy atom. The first kappa shape index (κ1) is 15.0. The number of hydrogen-bond acceptors (Lipinski definition) is 1. The molecule has 0 spiro atoms. The fraction of sp³-hybridized carbons (Fsp3) is 0.200. The van der Waals surface area contributed by atoms with Crippen LogP contribution < -0.4 is 5.73 Å². The first-order chi connectivity index (χ1) is 8.90. The molecule has 0 aromatic heterocycles. The summed E-state index contributed by atoms with van der Waals surface area (Å²) in [6.07, 6.45) is 0. The zero-order chi connectivity index (χ0) is 14.2. The van der Waals surface area contributed by atoms with Gasteiger partial charge in [-0.05, 0) is 60.4 Å². The van der Waals surface area contributed by atoms with Crippen molar-refractivity contribution in [2.75, 3.05) is 0 Å². The van der Waals surface area contributed by atoms with Crippen LogP contribution in [0.5, 0.6) is 0 Å². The lowest BCUT2D eigenvalue weighted by molar-refractivity contribution is 0.854. The molecule has 4 heteroatoms. The number of halogens is 3. The monoisotopic (exact) mass is 401 g/mol. The fourth-order valence-electron chi connectivity index (χ4n) is 2.06. The molecule has 0 fully saturated rings. The number of nitrogens with two attached hydrogens (primary N) is 1. The summed E-state index contributed by atoms with van der Waals surface area (Å²) in [6, 6.07) is 9.77. The second-order valence-corrected chi connectivity index (χ2v) is 6.75. The molecule has 0 amide bonds. The molecule has 0 saturated carbocycles. The average Bonchev–Trinajstić information content (AvgIpc) is 2.33. The maximum absolute atomic E-state index is 6.39. The van der Waals surface area contributed by atoms with E-state index in [1.54, 1.807) is 0 Å². The molecule has 0 aliphatic carbocycles. The molecule has 2 rings (SSSR count). The molecule has 0 aliphatic heterocycles. The molecule has 1 nitrogen and oxygen atoms in total. The summed E-state index contributed by atoms with van der Waals surface area (Å²) < 4.78 is 2.09. The maximum atomic E-state index is 6.39. The van der Waals surface area contributed by atoms with E-state index in [1.807, 2.05) is 25.1 Å². The van der Waals surface area contributed by atoms with E-state index in [-0.39, 0.29) is 6.04 Å². The Bertz CT molecular complexity index is 626. The van der Waals surface area contributed by atoms with Gasteiger partial charge in [0.05, 0.1) is 6.04 Å². The zero-order valence-electron chi connectivity index (χ0n) is 10.7. The molecule has 2 N–H and O–H groups in total. The normalized spacial score (nSPS) is 12.5. The van der Waals surface area contributed by atoms with Gasteiger partial charge in [0.15, 0.2) is 0 Å². The van der Waals surface area contributed by atoms with Gasteiger partial charge in [-0.3, -0.25) is 0 Å². The van der Waals surface area contributed by atoms with E-state index < -0.39 is 0 Å². The van der Waals surface area contributed by atoms with E-state index in [1.165, 1.54) is 5.56 Å². The third kappa shape index (κ3) is 3.22. The van der Waals surface area contributed by atoms with E-state index in [0.29, 0.717) is 0 Å². The molecule has 0 aliphatic rings. The summed E-state index contributed by atoms with van der Waals surface area (Å²) >= 11 is 13.1. The van der Waals surface area contributed by atoms with Gasteiger partial charge in [-0.1, -0.05) is 49.5 Å². The minimum Gasteiger partial charge on any atom is -0.320 e. The van der Waals surface area contributed by atoms with Crippen LogP contribution in [0.25, 0.3) is 0 Å². The van der Waals surface area contributed by atoms with Crippen LogP contribution in [0.15, 0.2) is 39.3 Å². The van der Waals surface area contributed by atoms with Crippen molar-refractivity contribution in [2.45, 2.75) is 19.9 Å². The SMILES string of the molecule is Cc1cc(Br)c(C(N)c2ccc(Cl)cc2C)cc1Br. The fourth-order valence-corrected chi connectivity index (χ4v) is 3.35. The van der Waals surface area contributed by atoms with Crippen molar-refractivity contribution in [3.8, 4) is 0 Å². The van der Waals surface area contributed by atoms with E-state index >= 15 is 0 Å². The molecular weight excluding hydrogens is 389 g/mol. The minimum atomic E-state index is -0.177. The molecule has 0 heterocycles. The van der Waals surface area contributed by atoms with Gasteiger partial charge in [0.25, 0.3) is 0 Å². The van der Waals surface area contributed by atoms with E-state index in [0.717, 1.165) is 30.7 Å². The quantitative estimate of drug-likeness (QED) is 0.701. The summed E-state index contributed by atoms with van der Waals surface area (Å²) in [6.45, 7) is 4.08. The average molecular weight is 404 g/mol. The summed E-state index contributed by atoms with van der Waals surface area (Å²) in [5.41, 5.74) is 10.8. The molecular formula is C15H14Br2ClN. The number of hydrogen-bond donors (Lipinski definition) is 1. The standard InChI is InChI=1S/C15H14Br2ClN/c1-8-5-10(18)3-4-11(8)15(19)12-7-13(16)9(2)6-14(12)17/h3-7,15H,19H2,1-2H3. The van der Waals surface area contributed by atoms with Crippen molar-refractivity contribution >= 4 is 43.5 Å². The smallest absolute Gasteiger partial charge is 0.0565 e. The Morgan fingerprint density at radius 2 is 1.63 bits per heavy atom. The van der Waals surface area contributed by atoms with Crippen LogP contribution in [0, 0.1) is 13.8 Å². The molecule has 0 radical (unpaired) electrons. The van der Waals surface area contributed by atoms with Crippen LogP contribution >= 0.6 is 43.5 Å². The first-order valence-corrected chi connectivity index (χ1v) is 7.83. The zero-order valence-corrected chi connectivity index (χ0v) is 14.6. The Balaban J connectivity index is 2.49. The minimum absolute atomic E-state index is 0.177. The molecule has 1 unspecified atom stereocenters.